The largest absolute Gasteiger partial charge is 0.440 e. The van der Waals surface area contributed by atoms with E-state index in [9.17, 15) is 4.79 Å². The summed E-state index contributed by atoms with van der Waals surface area (Å²) in [4.78, 5) is 13.6. The second-order valence-electron chi connectivity index (χ2n) is 3.01. The Hall–Kier alpha value is -0.610. The number of rotatable bonds is 1. The standard InChI is InChI=1S/C9H10ClNO2S/c10-8-2-1-7(13-8)9(12)11-3-5-14-6-4-11/h1-2H,3-6H2. The summed E-state index contributed by atoms with van der Waals surface area (Å²) in [7, 11) is 0. The quantitative estimate of drug-likeness (QED) is 0.743. The van der Waals surface area contributed by atoms with Crippen molar-refractivity contribution in [1.82, 2.24) is 4.90 Å². The van der Waals surface area contributed by atoms with Crippen LogP contribution in [0.25, 0.3) is 0 Å². The van der Waals surface area contributed by atoms with Crippen molar-refractivity contribution in [1.29, 1.82) is 0 Å². The van der Waals surface area contributed by atoms with Crippen LogP contribution in [-0.2, 0) is 0 Å². The van der Waals surface area contributed by atoms with Gasteiger partial charge in [0.25, 0.3) is 5.91 Å². The molecule has 0 bridgehead atoms. The molecule has 0 radical (unpaired) electrons. The van der Waals surface area contributed by atoms with Crippen LogP contribution in [0.1, 0.15) is 10.6 Å². The number of carbonyl (C=O) groups is 1. The number of halogens is 1. The Morgan fingerprint density at radius 3 is 2.71 bits per heavy atom. The van der Waals surface area contributed by atoms with Crippen LogP contribution >= 0.6 is 23.4 Å². The van der Waals surface area contributed by atoms with E-state index in [-0.39, 0.29) is 11.1 Å². The fourth-order valence-electron chi connectivity index (χ4n) is 1.35. The van der Waals surface area contributed by atoms with Gasteiger partial charge in [-0.1, -0.05) is 0 Å². The molecule has 14 heavy (non-hydrogen) atoms. The fraction of sp³-hybridized carbons (Fsp3) is 0.444. The van der Waals surface area contributed by atoms with Crippen LogP contribution in [0, 0.1) is 0 Å². The Morgan fingerprint density at radius 2 is 2.14 bits per heavy atom. The van der Waals surface area contributed by atoms with E-state index >= 15 is 0 Å². The molecule has 1 aliphatic heterocycles. The van der Waals surface area contributed by atoms with Crippen molar-refractivity contribution in [3.63, 3.8) is 0 Å². The Balaban J connectivity index is 2.07. The van der Waals surface area contributed by atoms with E-state index in [1.165, 1.54) is 0 Å². The van der Waals surface area contributed by atoms with E-state index in [0.717, 1.165) is 24.6 Å². The first-order valence-corrected chi connectivity index (χ1v) is 5.93. The minimum Gasteiger partial charge on any atom is -0.440 e. The molecule has 5 heteroatoms. The third-order valence-corrected chi connectivity index (χ3v) is 3.23. The summed E-state index contributed by atoms with van der Waals surface area (Å²) < 4.78 is 5.07. The molecule has 1 fully saturated rings. The van der Waals surface area contributed by atoms with E-state index in [1.807, 2.05) is 11.8 Å². The number of hydrogen-bond acceptors (Lipinski definition) is 3. The number of carbonyl (C=O) groups excluding carboxylic acids is 1. The molecule has 0 unspecified atom stereocenters. The third-order valence-electron chi connectivity index (χ3n) is 2.08. The van der Waals surface area contributed by atoms with Crippen LogP contribution < -0.4 is 0 Å². The van der Waals surface area contributed by atoms with Crippen molar-refractivity contribution in [2.24, 2.45) is 0 Å². The number of hydrogen-bond donors (Lipinski definition) is 0. The van der Waals surface area contributed by atoms with Crippen molar-refractivity contribution in [2.45, 2.75) is 0 Å². The highest BCUT2D eigenvalue weighted by Gasteiger charge is 2.20. The average molecular weight is 232 g/mol. The van der Waals surface area contributed by atoms with Crippen LogP contribution in [0.5, 0.6) is 0 Å². The summed E-state index contributed by atoms with van der Waals surface area (Å²) in [6, 6.07) is 3.21. The van der Waals surface area contributed by atoms with Gasteiger partial charge < -0.3 is 9.32 Å². The van der Waals surface area contributed by atoms with Crippen molar-refractivity contribution in [3.05, 3.63) is 23.1 Å². The smallest absolute Gasteiger partial charge is 0.289 e. The zero-order chi connectivity index (χ0) is 9.97. The van der Waals surface area contributed by atoms with Gasteiger partial charge in [0.2, 0.25) is 0 Å². The predicted octanol–water partition coefficient (Wildman–Crippen LogP) is 2.12. The molecule has 2 heterocycles. The highest BCUT2D eigenvalue weighted by Crippen LogP contribution is 2.17. The van der Waals surface area contributed by atoms with Gasteiger partial charge in [-0.15, -0.1) is 0 Å². The predicted molar refractivity (Wildman–Crippen MR) is 56.9 cm³/mol. The topological polar surface area (TPSA) is 33.5 Å². The fourth-order valence-corrected chi connectivity index (χ4v) is 2.40. The van der Waals surface area contributed by atoms with E-state index in [1.54, 1.807) is 17.0 Å². The van der Waals surface area contributed by atoms with E-state index in [4.69, 9.17) is 16.0 Å². The van der Waals surface area contributed by atoms with Gasteiger partial charge in [0.15, 0.2) is 11.0 Å². The van der Waals surface area contributed by atoms with Crippen molar-refractivity contribution < 1.29 is 9.21 Å². The minimum atomic E-state index is -0.0581. The molecule has 1 aromatic rings. The van der Waals surface area contributed by atoms with Crippen molar-refractivity contribution >= 4 is 29.3 Å². The highest BCUT2D eigenvalue weighted by molar-refractivity contribution is 7.99. The van der Waals surface area contributed by atoms with Gasteiger partial charge in [-0.2, -0.15) is 11.8 Å². The van der Waals surface area contributed by atoms with Gasteiger partial charge in [-0.05, 0) is 23.7 Å². The molecule has 76 valence electrons. The molecule has 0 N–H and O–H groups in total. The molecule has 1 aliphatic rings. The first kappa shape index (κ1) is 9.93. The first-order valence-electron chi connectivity index (χ1n) is 4.40. The lowest BCUT2D eigenvalue weighted by molar-refractivity contribution is 0.0740. The Kier molecular flexibility index (Phi) is 3.03. The molecule has 2 rings (SSSR count). The summed E-state index contributed by atoms with van der Waals surface area (Å²) >= 11 is 7.47. The lowest BCUT2D eigenvalue weighted by atomic mass is 10.3. The van der Waals surface area contributed by atoms with Gasteiger partial charge in [-0.25, -0.2) is 0 Å². The number of thioether (sulfide) groups is 1. The lowest BCUT2D eigenvalue weighted by Gasteiger charge is -2.25. The van der Waals surface area contributed by atoms with Gasteiger partial charge >= 0.3 is 0 Å². The van der Waals surface area contributed by atoms with E-state index in [2.05, 4.69) is 0 Å². The van der Waals surface area contributed by atoms with Gasteiger partial charge in [0.05, 0.1) is 0 Å². The monoisotopic (exact) mass is 231 g/mol. The molecule has 0 spiro atoms. The maximum Gasteiger partial charge on any atom is 0.289 e. The molecule has 3 nitrogen and oxygen atoms in total. The Bertz CT molecular complexity index is 333. The van der Waals surface area contributed by atoms with Crippen LogP contribution in [0.15, 0.2) is 16.5 Å². The zero-order valence-corrected chi connectivity index (χ0v) is 9.11. The number of amides is 1. The lowest BCUT2D eigenvalue weighted by Crippen LogP contribution is -2.37. The average Bonchev–Trinajstić information content (AvgIpc) is 2.65. The normalized spacial score (nSPS) is 17.1. The highest BCUT2D eigenvalue weighted by atomic mass is 35.5. The molecule has 1 amide bonds. The Labute approximate surface area is 91.4 Å². The van der Waals surface area contributed by atoms with Gasteiger partial charge in [-0.3, -0.25) is 4.79 Å². The van der Waals surface area contributed by atoms with Crippen molar-refractivity contribution in [2.75, 3.05) is 24.6 Å². The van der Waals surface area contributed by atoms with Gasteiger partial charge in [0, 0.05) is 24.6 Å². The SMILES string of the molecule is O=C(c1ccc(Cl)o1)N1CCSCC1. The molecule has 1 aromatic heterocycles. The molecular formula is C9H10ClNO2S. The first-order chi connectivity index (χ1) is 6.77. The van der Waals surface area contributed by atoms with Crippen LogP contribution in [0.4, 0.5) is 0 Å². The second kappa shape index (κ2) is 4.28. The van der Waals surface area contributed by atoms with E-state index < -0.39 is 0 Å². The van der Waals surface area contributed by atoms with Crippen LogP contribution in [0.3, 0.4) is 0 Å². The summed E-state index contributed by atoms with van der Waals surface area (Å²) in [5.41, 5.74) is 0. The van der Waals surface area contributed by atoms with E-state index in [0.29, 0.717) is 5.76 Å². The van der Waals surface area contributed by atoms with Gasteiger partial charge in [0.1, 0.15) is 0 Å². The minimum absolute atomic E-state index is 0.0581. The van der Waals surface area contributed by atoms with Crippen LogP contribution in [-0.4, -0.2) is 35.4 Å². The molecule has 0 atom stereocenters. The van der Waals surface area contributed by atoms with Crippen molar-refractivity contribution in [3.8, 4) is 0 Å². The number of furan rings is 1. The maximum absolute atomic E-state index is 11.8. The molecule has 1 saturated heterocycles. The molecule has 0 saturated carbocycles. The number of nitrogens with zero attached hydrogens (tertiary/aromatic N) is 1. The summed E-state index contributed by atoms with van der Waals surface area (Å²) in [5.74, 6) is 2.28. The molecular weight excluding hydrogens is 222 g/mol. The molecule has 0 aromatic carbocycles. The summed E-state index contributed by atoms with van der Waals surface area (Å²) in [5, 5.41) is 0.264. The summed E-state index contributed by atoms with van der Waals surface area (Å²) in [6.07, 6.45) is 0. The van der Waals surface area contributed by atoms with Crippen LogP contribution in [0.2, 0.25) is 5.22 Å². The maximum atomic E-state index is 11.8. The summed E-state index contributed by atoms with van der Waals surface area (Å²) in [6.45, 7) is 1.59. The third kappa shape index (κ3) is 2.07. The zero-order valence-electron chi connectivity index (χ0n) is 7.53. The second-order valence-corrected chi connectivity index (χ2v) is 4.61. The molecule has 0 aliphatic carbocycles. The Morgan fingerprint density at radius 1 is 1.43 bits per heavy atom.